The molecule has 1 N–H and O–H groups in total. The first-order valence-corrected chi connectivity index (χ1v) is 8.98. The molecule has 1 aliphatic heterocycles. The largest absolute Gasteiger partial charge is 0.323 e. The van der Waals surface area contributed by atoms with E-state index in [-0.39, 0.29) is 6.03 Å². The molecule has 0 atom stereocenters. The number of aryl methyl sites for hydroxylation is 1. The highest BCUT2D eigenvalue weighted by Gasteiger charge is 2.19. The second-order valence-electron chi connectivity index (χ2n) is 6.73. The normalized spacial score (nSPS) is 15.2. The fourth-order valence-electron chi connectivity index (χ4n) is 3.20. The molecule has 1 aliphatic rings. The average Bonchev–Trinajstić information content (AvgIpc) is 2.88. The van der Waals surface area contributed by atoms with Crippen molar-refractivity contribution < 1.29 is 4.79 Å². The Morgan fingerprint density at radius 3 is 2.65 bits per heavy atom. The fraction of sp³-hybridized carbons (Fsp3) is 0.333. The number of nitrogens with one attached hydrogen (secondary N) is 1. The SMILES string of the molecule is Cc1cccc(NC(=O)N2CCCN(Cc3ccc(C#N)cc3)CC2)c1. The summed E-state index contributed by atoms with van der Waals surface area (Å²) in [7, 11) is 0. The molecule has 1 fully saturated rings. The Hall–Kier alpha value is -2.84. The van der Waals surface area contributed by atoms with E-state index in [0.29, 0.717) is 12.1 Å². The summed E-state index contributed by atoms with van der Waals surface area (Å²) in [4.78, 5) is 16.8. The fourth-order valence-corrected chi connectivity index (χ4v) is 3.20. The summed E-state index contributed by atoms with van der Waals surface area (Å²) in [5.41, 5.74) is 3.85. The average molecular weight is 348 g/mol. The predicted octanol–water partition coefficient (Wildman–Crippen LogP) is 3.61. The summed E-state index contributed by atoms with van der Waals surface area (Å²) in [6.07, 6.45) is 0.956. The quantitative estimate of drug-likeness (QED) is 0.922. The number of hydrogen-bond acceptors (Lipinski definition) is 3. The van der Waals surface area contributed by atoms with Crippen LogP contribution in [0.2, 0.25) is 0 Å². The third kappa shape index (κ3) is 4.84. The van der Waals surface area contributed by atoms with Gasteiger partial charge in [0.25, 0.3) is 0 Å². The zero-order chi connectivity index (χ0) is 18.4. The summed E-state index contributed by atoms with van der Waals surface area (Å²) in [5, 5.41) is 11.9. The molecule has 0 unspecified atom stereocenters. The van der Waals surface area contributed by atoms with Crippen molar-refractivity contribution in [3.05, 3.63) is 65.2 Å². The molecule has 0 aliphatic carbocycles. The summed E-state index contributed by atoms with van der Waals surface area (Å²) >= 11 is 0. The lowest BCUT2D eigenvalue weighted by atomic mass is 10.1. The zero-order valence-corrected chi connectivity index (χ0v) is 15.1. The van der Waals surface area contributed by atoms with Gasteiger partial charge in [-0.2, -0.15) is 5.26 Å². The minimum Gasteiger partial charge on any atom is -0.323 e. The molecule has 0 radical (unpaired) electrons. The number of carbonyl (C=O) groups excluding carboxylic acids is 1. The van der Waals surface area contributed by atoms with Crippen molar-refractivity contribution in [3.8, 4) is 6.07 Å². The highest BCUT2D eigenvalue weighted by Crippen LogP contribution is 2.13. The molecule has 134 valence electrons. The van der Waals surface area contributed by atoms with Gasteiger partial charge < -0.3 is 10.2 Å². The Bertz CT molecular complexity index is 794. The Morgan fingerprint density at radius 2 is 1.92 bits per heavy atom. The maximum Gasteiger partial charge on any atom is 0.321 e. The summed E-state index contributed by atoms with van der Waals surface area (Å²) in [6.45, 7) is 6.16. The molecular weight excluding hydrogens is 324 g/mol. The van der Waals surface area contributed by atoms with Gasteiger partial charge in [0, 0.05) is 38.4 Å². The third-order valence-electron chi connectivity index (χ3n) is 4.63. The van der Waals surface area contributed by atoms with Crippen LogP contribution in [-0.2, 0) is 6.54 Å². The minimum absolute atomic E-state index is 0.0316. The van der Waals surface area contributed by atoms with E-state index >= 15 is 0 Å². The standard InChI is InChI=1S/C21H24N4O/c1-17-4-2-5-20(14-17)23-21(26)25-11-3-10-24(12-13-25)16-19-8-6-18(15-22)7-9-19/h2,4-9,14H,3,10-13,16H2,1H3,(H,23,26). The summed E-state index contributed by atoms with van der Waals surface area (Å²) in [6, 6.07) is 17.7. The van der Waals surface area contributed by atoms with Crippen LogP contribution in [0.4, 0.5) is 10.5 Å². The molecule has 5 heteroatoms. The third-order valence-corrected chi connectivity index (χ3v) is 4.63. The van der Waals surface area contributed by atoms with Gasteiger partial charge in [-0.25, -0.2) is 4.79 Å². The molecule has 0 bridgehead atoms. The maximum absolute atomic E-state index is 12.5. The Balaban J connectivity index is 1.54. The number of nitrogens with zero attached hydrogens (tertiary/aromatic N) is 3. The second-order valence-corrected chi connectivity index (χ2v) is 6.73. The molecule has 26 heavy (non-hydrogen) atoms. The van der Waals surface area contributed by atoms with E-state index in [4.69, 9.17) is 5.26 Å². The first kappa shape index (κ1) is 18.0. The molecule has 5 nitrogen and oxygen atoms in total. The maximum atomic E-state index is 12.5. The number of benzene rings is 2. The highest BCUT2D eigenvalue weighted by atomic mass is 16.2. The summed E-state index contributed by atoms with van der Waals surface area (Å²) in [5.74, 6) is 0. The minimum atomic E-state index is -0.0316. The van der Waals surface area contributed by atoms with Gasteiger partial charge in [-0.1, -0.05) is 24.3 Å². The van der Waals surface area contributed by atoms with Gasteiger partial charge >= 0.3 is 6.03 Å². The molecule has 0 saturated carbocycles. The van der Waals surface area contributed by atoms with Gasteiger partial charge in [-0.3, -0.25) is 4.90 Å². The van der Waals surface area contributed by atoms with Gasteiger partial charge in [-0.05, 0) is 48.7 Å². The van der Waals surface area contributed by atoms with Gasteiger partial charge in [0.05, 0.1) is 11.6 Å². The van der Waals surface area contributed by atoms with Crippen molar-refractivity contribution in [1.82, 2.24) is 9.80 Å². The van der Waals surface area contributed by atoms with E-state index in [1.807, 2.05) is 60.4 Å². The van der Waals surface area contributed by atoms with Crippen LogP contribution in [0.25, 0.3) is 0 Å². The lowest BCUT2D eigenvalue weighted by Crippen LogP contribution is -2.38. The van der Waals surface area contributed by atoms with Crippen LogP contribution in [0.3, 0.4) is 0 Å². The molecule has 1 heterocycles. The lowest BCUT2D eigenvalue weighted by Gasteiger charge is -2.22. The first-order chi connectivity index (χ1) is 12.6. The van der Waals surface area contributed by atoms with Crippen LogP contribution in [0, 0.1) is 18.3 Å². The van der Waals surface area contributed by atoms with E-state index in [9.17, 15) is 4.79 Å². The van der Waals surface area contributed by atoms with Crippen molar-refractivity contribution in [1.29, 1.82) is 5.26 Å². The summed E-state index contributed by atoms with van der Waals surface area (Å²) < 4.78 is 0. The van der Waals surface area contributed by atoms with Gasteiger partial charge in [0.1, 0.15) is 0 Å². The van der Waals surface area contributed by atoms with Crippen LogP contribution in [0.15, 0.2) is 48.5 Å². The van der Waals surface area contributed by atoms with Crippen LogP contribution in [0.1, 0.15) is 23.1 Å². The number of urea groups is 1. The number of carbonyl (C=O) groups is 1. The number of rotatable bonds is 3. The number of amides is 2. The molecule has 2 aromatic rings. The van der Waals surface area contributed by atoms with Gasteiger partial charge in [0.2, 0.25) is 0 Å². The topological polar surface area (TPSA) is 59.4 Å². The number of hydrogen-bond donors (Lipinski definition) is 1. The lowest BCUT2D eigenvalue weighted by molar-refractivity contribution is 0.211. The zero-order valence-electron chi connectivity index (χ0n) is 15.1. The van der Waals surface area contributed by atoms with E-state index in [1.165, 1.54) is 5.56 Å². The van der Waals surface area contributed by atoms with Crippen molar-refractivity contribution in [2.24, 2.45) is 0 Å². The molecule has 1 saturated heterocycles. The van der Waals surface area contributed by atoms with Crippen molar-refractivity contribution in [2.75, 3.05) is 31.5 Å². The van der Waals surface area contributed by atoms with Gasteiger partial charge in [0.15, 0.2) is 0 Å². The van der Waals surface area contributed by atoms with E-state index < -0.39 is 0 Å². The molecule has 2 amide bonds. The van der Waals surface area contributed by atoms with Crippen LogP contribution in [-0.4, -0.2) is 42.0 Å². The molecule has 3 rings (SSSR count). The number of nitriles is 1. The second kappa shape index (κ2) is 8.50. The van der Waals surface area contributed by atoms with Crippen molar-refractivity contribution in [2.45, 2.75) is 19.9 Å². The van der Waals surface area contributed by atoms with Crippen molar-refractivity contribution >= 4 is 11.7 Å². The molecule has 0 aromatic heterocycles. The smallest absolute Gasteiger partial charge is 0.321 e. The molecule has 2 aromatic carbocycles. The van der Waals surface area contributed by atoms with Gasteiger partial charge in [-0.15, -0.1) is 0 Å². The Labute approximate surface area is 154 Å². The predicted molar refractivity (Wildman–Crippen MR) is 103 cm³/mol. The van der Waals surface area contributed by atoms with E-state index in [0.717, 1.165) is 43.9 Å². The molecular formula is C21H24N4O. The van der Waals surface area contributed by atoms with Crippen molar-refractivity contribution in [3.63, 3.8) is 0 Å². The molecule has 0 spiro atoms. The Kier molecular flexibility index (Phi) is 5.88. The van der Waals surface area contributed by atoms with E-state index in [1.54, 1.807) is 0 Å². The van der Waals surface area contributed by atoms with Crippen LogP contribution >= 0.6 is 0 Å². The van der Waals surface area contributed by atoms with Crippen LogP contribution in [0.5, 0.6) is 0 Å². The number of anilines is 1. The Morgan fingerprint density at radius 1 is 1.12 bits per heavy atom. The van der Waals surface area contributed by atoms with E-state index in [2.05, 4.69) is 16.3 Å². The first-order valence-electron chi connectivity index (χ1n) is 8.98. The highest BCUT2D eigenvalue weighted by molar-refractivity contribution is 5.89. The monoisotopic (exact) mass is 348 g/mol. The van der Waals surface area contributed by atoms with Crippen LogP contribution < -0.4 is 5.32 Å².